The van der Waals surface area contributed by atoms with Gasteiger partial charge in [-0.25, -0.2) is 9.78 Å². The van der Waals surface area contributed by atoms with Crippen molar-refractivity contribution in [1.29, 1.82) is 0 Å². The first kappa shape index (κ1) is 16.8. The molecule has 0 radical (unpaired) electrons. The summed E-state index contributed by atoms with van der Waals surface area (Å²) in [5.74, 6) is 1.93. The van der Waals surface area contributed by atoms with Crippen molar-refractivity contribution in [3.63, 3.8) is 0 Å². The molecule has 4 heterocycles. The van der Waals surface area contributed by atoms with Crippen LogP contribution < -0.4 is 10.2 Å². The van der Waals surface area contributed by atoms with E-state index in [1.165, 1.54) is 0 Å². The van der Waals surface area contributed by atoms with E-state index in [0.29, 0.717) is 31.4 Å². The van der Waals surface area contributed by atoms with Gasteiger partial charge < -0.3 is 24.4 Å². The molecule has 0 saturated carbocycles. The number of pyridine rings is 1. The largest absolute Gasteiger partial charge is 0.366 e. The lowest BCUT2D eigenvalue weighted by Gasteiger charge is -2.32. The van der Waals surface area contributed by atoms with E-state index in [1.807, 2.05) is 18.2 Å². The smallest absolute Gasteiger partial charge is 0.317 e. The fourth-order valence-electron chi connectivity index (χ4n) is 3.33. The van der Waals surface area contributed by atoms with E-state index in [9.17, 15) is 4.79 Å². The van der Waals surface area contributed by atoms with Crippen LogP contribution in [0.2, 0.25) is 0 Å². The Morgan fingerprint density at radius 2 is 2.23 bits per heavy atom. The second-order valence-corrected chi connectivity index (χ2v) is 6.55. The molecule has 2 atom stereocenters. The van der Waals surface area contributed by atoms with Crippen LogP contribution in [0.5, 0.6) is 0 Å². The lowest BCUT2D eigenvalue weighted by Crippen LogP contribution is -2.50. The Bertz CT molecular complexity index is 752. The van der Waals surface area contributed by atoms with Gasteiger partial charge in [-0.3, -0.25) is 0 Å². The van der Waals surface area contributed by atoms with E-state index in [0.717, 1.165) is 25.3 Å². The fraction of sp³-hybridized carbons (Fsp3) is 0.529. The molecule has 26 heavy (non-hydrogen) atoms. The minimum Gasteiger partial charge on any atom is -0.366 e. The Balaban J connectivity index is 1.32. The van der Waals surface area contributed by atoms with Crippen molar-refractivity contribution in [2.45, 2.75) is 25.5 Å². The van der Waals surface area contributed by atoms with Gasteiger partial charge in [0.25, 0.3) is 0 Å². The number of amides is 2. The molecule has 2 fully saturated rings. The zero-order valence-electron chi connectivity index (χ0n) is 14.7. The first-order valence-corrected chi connectivity index (χ1v) is 8.82. The molecule has 2 aliphatic rings. The molecule has 2 unspecified atom stereocenters. The number of carbonyl (C=O) groups is 1. The summed E-state index contributed by atoms with van der Waals surface area (Å²) < 4.78 is 10.7. The standard InChI is InChI=1S/C17H22N6O3/c1-12-19-16(21-26-12)14-11-23(8-9-25-14)17(24)20-13-5-7-22(10-13)15-4-2-3-6-18-15/h2-4,6,13-14H,5,7-11H2,1H3,(H,20,24). The highest BCUT2D eigenvalue weighted by Crippen LogP contribution is 2.21. The van der Waals surface area contributed by atoms with E-state index >= 15 is 0 Å². The summed E-state index contributed by atoms with van der Waals surface area (Å²) in [5, 5.41) is 7.02. The van der Waals surface area contributed by atoms with Crippen molar-refractivity contribution < 1.29 is 14.1 Å². The molecule has 9 nitrogen and oxygen atoms in total. The van der Waals surface area contributed by atoms with Gasteiger partial charge in [-0.15, -0.1) is 0 Å². The number of nitrogens with one attached hydrogen (secondary N) is 1. The second-order valence-electron chi connectivity index (χ2n) is 6.55. The third-order valence-electron chi connectivity index (χ3n) is 4.67. The maximum atomic E-state index is 12.6. The average molecular weight is 358 g/mol. The normalized spacial score (nSPS) is 23.3. The first-order valence-electron chi connectivity index (χ1n) is 8.82. The van der Waals surface area contributed by atoms with Crippen LogP contribution in [0.1, 0.15) is 24.2 Å². The van der Waals surface area contributed by atoms with Crippen LogP contribution in [-0.2, 0) is 4.74 Å². The molecule has 0 aromatic carbocycles. The number of ether oxygens (including phenoxy) is 1. The van der Waals surface area contributed by atoms with Crippen LogP contribution in [0.4, 0.5) is 10.6 Å². The van der Waals surface area contributed by atoms with E-state index in [1.54, 1.807) is 18.0 Å². The highest BCUT2D eigenvalue weighted by molar-refractivity contribution is 5.75. The molecule has 2 aromatic rings. The number of carbonyl (C=O) groups excluding carboxylic acids is 1. The molecule has 2 saturated heterocycles. The Kier molecular flexibility index (Phi) is 4.70. The topological polar surface area (TPSA) is 96.6 Å². The Hall–Kier alpha value is -2.68. The number of hydrogen-bond acceptors (Lipinski definition) is 7. The highest BCUT2D eigenvalue weighted by Gasteiger charge is 2.31. The molecular formula is C17H22N6O3. The number of morpholine rings is 1. The van der Waals surface area contributed by atoms with Gasteiger partial charge in [-0.05, 0) is 18.6 Å². The van der Waals surface area contributed by atoms with E-state index in [-0.39, 0.29) is 18.2 Å². The van der Waals surface area contributed by atoms with Gasteiger partial charge in [0.1, 0.15) is 11.9 Å². The minimum atomic E-state index is -0.347. The number of anilines is 1. The van der Waals surface area contributed by atoms with Crippen LogP contribution >= 0.6 is 0 Å². The number of rotatable bonds is 3. The summed E-state index contributed by atoms with van der Waals surface area (Å²) in [4.78, 5) is 25.2. The second kappa shape index (κ2) is 7.28. The number of aromatic nitrogens is 3. The van der Waals surface area contributed by atoms with Crippen molar-refractivity contribution in [1.82, 2.24) is 25.3 Å². The summed E-state index contributed by atoms with van der Waals surface area (Å²) >= 11 is 0. The van der Waals surface area contributed by atoms with Crippen LogP contribution in [0.3, 0.4) is 0 Å². The first-order chi connectivity index (χ1) is 12.7. The third-order valence-corrected chi connectivity index (χ3v) is 4.67. The summed E-state index contributed by atoms with van der Waals surface area (Å²) in [5.41, 5.74) is 0. The predicted molar refractivity (Wildman–Crippen MR) is 92.7 cm³/mol. The van der Waals surface area contributed by atoms with Crippen LogP contribution in [0, 0.1) is 6.92 Å². The van der Waals surface area contributed by atoms with Gasteiger partial charge in [0.15, 0.2) is 0 Å². The molecule has 2 aliphatic heterocycles. The Morgan fingerprint density at radius 3 is 3.00 bits per heavy atom. The number of hydrogen-bond donors (Lipinski definition) is 1. The molecule has 0 aliphatic carbocycles. The lowest BCUT2D eigenvalue weighted by molar-refractivity contribution is -0.0211. The predicted octanol–water partition coefficient (Wildman–Crippen LogP) is 1.13. The molecule has 4 rings (SSSR count). The fourth-order valence-corrected chi connectivity index (χ4v) is 3.33. The van der Waals surface area contributed by atoms with Crippen LogP contribution in [0.15, 0.2) is 28.9 Å². The van der Waals surface area contributed by atoms with Gasteiger partial charge in [-0.1, -0.05) is 11.2 Å². The molecule has 2 amide bonds. The molecule has 0 bridgehead atoms. The van der Waals surface area contributed by atoms with Crippen molar-refractivity contribution >= 4 is 11.8 Å². The lowest BCUT2D eigenvalue weighted by atomic mass is 10.2. The minimum absolute atomic E-state index is 0.0774. The number of aryl methyl sites for hydroxylation is 1. The SMILES string of the molecule is Cc1nc(C2CN(C(=O)NC3CCN(c4ccccn4)C3)CCO2)no1. The summed E-state index contributed by atoms with van der Waals surface area (Å²) in [6, 6.07) is 5.90. The maximum Gasteiger partial charge on any atom is 0.317 e. The monoisotopic (exact) mass is 358 g/mol. The summed E-state index contributed by atoms with van der Waals surface area (Å²) in [6.07, 6.45) is 2.34. The number of nitrogens with zero attached hydrogens (tertiary/aromatic N) is 5. The van der Waals surface area contributed by atoms with Gasteiger partial charge in [0, 0.05) is 38.8 Å². The number of urea groups is 1. The molecule has 9 heteroatoms. The van der Waals surface area contributed by atoms with Crippen LogP contribution in [0.25, 0.3) is 0 Å². The average Bonchev–Trinajstić information content (AvgIpc) is 3.32. The van der Waals surface area contributed by atoms with Crippen molar-refractivity contribution in [3.05, 3.63) is 36.1 Å². The molecule has 0 spiro atoms. The van der Waals surface area contributed by atoms with Crippen molar-refractivity contribution in [2.75, 3.05) is 37.7 Å². The molecular weight excluding hydrogens is 336 g/mol. The van der Waals surface area contributed by atoms with Gasteiger partial charge in [0.2, 0.25) is 11.7 Å². The molecule has 2 aromatic heterocycles. The van der Waals surface area contributed by atoms with E-state index in [4.69, 9.17) is 9.26 Å². The summed E-state index contributed by atoms with van der Waals surface area (Å²) in [7, 11) is 0. The molecule has 1 N–H and O–H groups in total. The van der Waals surface area contributed by atoms with Gasteiger partial charge in [-0.2, -0.15) is 4.98 Å². The zero-order chi connectivity index (χ0) is 17.9. The highest BCUT2D eigenvalue weighted by atomic mass is 16.5. The van der Waals surface area contributed by atoms with E-state index < -0.39 is 0 Å². The van der Waals surface area contributed by atoms with Gasteiger partial charge in [0.05, 0.1) is 13.2 Å². The third kappa shape index (κ3) is 3.62. The molecule has 138 valence electrons. The zero-order valence-corrected chi connectivity index (χ0v) is 14.7. The Morgan fingerprint density at radius 1 is 1.31 bits per heavy atom. The van der Waals surface area contributed by atoms with E-state index in [2.05, 4.69) is 25.3 Å². The summed E-state index contributed by atoms with van der Waals surface area (Å²) in [6.45, 7) is 4.81. The van der Waals surface area contributed by atoms with Crippen molar-refractivity contribution in [2.24, 2.45) is 0 Å². The maximum absolute atomic E-state index is 12.6. The van der Waals surface area contributed by atoms with Crippen molar-refractivity contribution in [3.8, 4) is 0 Å². The Labute approximate surface area is 151 Å². The quantitative estimate of drug-likeness (QED) is 0.878. The van der Waals surface area contributed by atoms with Gasteiger partial charge >= 0.3 is 6.03 Å². The van der Waals surface area contributed by atoms with Crippen LogP contribution in [-0.4, -0.2) is 64.9 Å².